The first-order valence-corrected chi connectivity index (χ1v) is 7.48. The predicted molar refractivity (Wildman–Crippen MR) is 90.3 cm³/mol. The van der Waals surface area contributed by atoms with E-state index in [0.717, 1.165) is 11.1 Å². The van der Waals surface area contributed by atoms with Gasteiger partial charge in [-0.2, -0.15) is 5.26 Å². The highest BCUT2D eigenvalue weighted by Gasteiger charge is 2.10. The van der Waals surface area contributed by atoms with Gasteiger partial charge < -0.3 is 0 Å². The zero-order chi connectivity index (χ0) is 16.9. The van der Waals surface area contributed by atoms with E-state index in [2.05, 4.69) is 16.4 Å². The number of hydrogen-bond acceptors (Lipinski definition) is 3. The number of halogens is 1. The average Bonchev–Trinajstić information content (AvgIpc) is 2.98. The topological polar surface area (TPSA) is 54.5 Å². The number of hydrogen-bond donors (Lipinski definition) is 0. The van der Waals surface area contributed by atoms with Crippen LogP contribution in [0.15, 0.2) is 48.5 Å². The molecule has 3 rings (SSSR count). The Labute approximate surface area is 139 Å². The maximum absolute atomic E-state index is 13.0. The molecule has 0 spiro atoms. The molecule has 0 bridgehead atoms. The van der Waals surface area contributed by atoms with Crippen molar-refractivity contribution >= 4 is 12.2 Å². The molecule has 3 aromatic rings. The van der Waals surface area contributed by atoms with Crippen LogP contribution in [0.25, 0.3) is 12.2 Å². The third kappa shape index (κ3) is 3.55. The van der Waals surface area contributed by atoms with E-state index in [1.54, 1.807) is 22.9 Å². The highest BCUT2D eigenvalue weighted by molar-refractivity contribution is 5.70. The van der Waals surface area contributed by atoms with E-state index < -0.39 is 0 Å². The minimum absolute atomic E-state index is 0.264. The summed E-state index contributed by atoms with van der Waals surface area (Å²) in [5.74, 6) is -0.282. The van der Waals surface area contributed by atoms with Gasteiger partial charge in [0.25, 0.3) is 0 Å². The standard InChI is InChI=1S/C19H15FN4/c1-14-2-4-16(5-3-14)13-24-19(18(12-21)22-23-24)11-8-15-6-9-17(20)10-7-15/h2-11H,13H2,1H3/b11-8+. The van der Waals surface area contributed by atoms with Crippen molar-refractivity contribution in [3.63, 3.8) is 0 Å². The first-order valence-electron chi connectivity index (χ1n) is 7.48. The number of aryl methyl sites for hydroxylation is 1. The highest BCUT2D eigenvalue weighted by Crippen LogP contribution is 2.14. The van der Waals surface area contributed by atoms with Crippen LogP contribution in [0.1, 0.15) is 28.1 Å². The summed E-state index contributed by atoms with van der Waals surface area (Å²) >= 11 is 0. The summed E-state index contributed by atoms with van der Waals surface area (Å²) in [7, 11) is 0. The molecule has 1 aromatic heterocycles. The highest BCUT2D eigenvalue weighted by atomic mass is 19.1. The van der Waals surface area contributed by atoms with E-state index in [1.807, 2.05) is 37.3 Å². The molecule has 0 saturated carbocycles. The first-order chi connectivity index (χ1) is 11.7. The summed E-state index contributed by atoms with van der Waals surface area (Å²) in [6, 6.07) is 16.3. The predicted octanol–water partition coefficient (Wildman–Crippen LogP) is 3.82. The second kappa shape index (κ2) is 6.88. The van der Waals surface area contributed by atoms with Crippen LogP contribution in [0.2, 0.25) is 0 Å². The number of aromatic nitrogens is 3. The second-order valence-electron chi connectivity index (χ2n) is 5.46. The molecule has 0 aliphatic heterocycles. The maximum atomic E-state index is 13.0. The lowest BCUT2D eigenvalue weighted by Crippen LogP contribution is -2.04. The molecule has 0 atom stereocenters. The van der Waals surface area contributed by atoms with Crippen molar-refractivity contribution in [3.05, 3.63) is 82.4 Å². The van der Waals surface area contributed by atoms with Crippen LogP contribution in [-0.2, 0) is 6.54 Å². The van der Waals surface area contributed by atoms with Gasteiger partial charge in [-0.15, -0.1) is 5.10 Å². The van der Waals surface area contributed by atoms with Crippen LogP contribution in [0.3, 0.4) is 0 Å². The van der Waals surface area contributed by atoms with E-state index in [-0.39, 0.29) is 11.5 Å². The monoisotopic (exact) mass is 318 g/mol. The quantitative estimate of drug-likeness (QED) is 0.735. The summed E-state index contributed by atoms with van der Waals surface area (Å²) in [4.78, 5) is 0. The Morgan fingerprint density at radius 3 is 2.46 bits per heavy atom. The van der Waals surface area contributed by atoms with Crippen molar-refractivity contribution in [2.24, 2.45) is 0 Å². The van der Waals surface area contributed by atoms with Crippen molar-refractivity contribution in [3.8, 4) is 6.07 Å². The maximum Gasteiger partial charge on any atom is 0.190 e. The van der Waals surface area contributed by atoms with Crippen LogP contribution < -0.4 is 0 Å². The van der Waals surface area contributed by atoms with Gasteiger partial charge in [0.2, 0.25) is 0 Å². The third-order valence-electron chi connectivity index (χ3n) is 3.64. The lowest BCUT2D eigenvalue weighted by Gasteiger charge is -2.04. The van der Waals surface area contributed by atoms with Crippen LogP contribution in [0, 0.1) is 24.1 Å². The summed E-state index contributed by atoms with van der Waals surface area (Å²) in [5.41, 5.74) is 3.99. The Bertz CT molecular complexity index is 900. The Kier molecular flexibility index (Phi) is 4.48. The SMILES string of the molecule is Cc1ccc(Cn2nnc(C#N)c2/C=C/c2ccc(F)cc2)cc1. The van der Waals surface area contributed by atoms with E-state index >= 15 is 0 Å². The Hall–Kier alpha value is -3.26. The number of nitriles is 1. The third-order valence-corrected chi connectivity index (χ3v) is 3.64. The molecule has 0 saturated heterocycles. The average molecular weight is 318 g/mol. The molecule has 5 heteroatoms. The van der Waals surface area contributed by atoms with E-state index in [0.29, 0.717) is 12.2 Å². The van der Waals surface area contributed by atoms with Gasteiger partial charge in [-0.3, -0.25) is 0 Å². The number of nitrogens with zero attached hydrogens (tertiary/aromatic N) is 4. The normalized spacial score (nSPS) is 10.9. The van der Waals surface area contributed by atoms with Gasteiger partial charge in [-0.1, -0.05) is 53.3 Å². The lowest BCUT2D eigenvalue weighted by atomic mass is 10.1. The number of benzene rings is 2. The van der Waals surface area contributed by atoms with Gasteiger partial charge in [0.1, 0.15) is 11.9 Å². The van der Waals surface area contributed by atoms with Gasteiger partial charge >= 0.3 is 0 Å². The van der Waals surface area contributed by atoms with E-state index in [1.165, 1.54) is 17.7 Å². The van der Waals surface area contributed by atoms with Crippen molar-refractivity contribution in [1.29, 1.82) is 5.26 Å². The molecule has 4 nitrogen and oxygen atoms in total. The van der Waals surface area contributed by atoms with Crippen LogP contribution in [-0.4, -0.2) is 15.0 Å². The molecule has 24 heavy (non-hydrogen) atoms. The largest absolute Gasteiger partial charge is 0.239 e. The van der Waals surface area contributed by atoms with Gasteiger partial charge in [-0.25, -0.2) is 9.07 Å². The minimum Gasteiger partial charge on any atom is -0.239 e. The first kappa shape index (κ1) is 15.6. The molecule has 0 amide bonds. The molecule has 0 radical (unpaired) electrons. The second-order valence-corrected chi connectivity index (χ2v) is 5.46. The van der Waals surface area contributed by atoms with Crippen LogP contribution in [0.5, 0.6) is 0 Å². The molecule has 0 N–H and O–H groups in total. The molecule has 0 aliphatic carbocycles. The van der Waals surface area contributed by atoms with Crippen molar-refractivity contribution in [1.82, 2.24) is 15.0 Å². The fourth-order valence-electron chi connectivity index (χ4n) is 2.30. The molecule has 1 heterocycles. The summed E-state index contributed by atoms with van der Waals surface area (Å²) in [5, 5.41) is 17.2. The minimum atomic E-state index is -0.282. The van der Waals surface area contributed by atoms with Crippen molar-refractivity contribution in [2.75, 3.05) is 0 Å². The molecular weight excluding hydrogens is 303 g/mol. The Morgan fingerprint density at radius 2 is 1.79 bits per heavy atom. The van der Waals surface area contributed by atoms with Gasteiger partial charge in [0, 0.05) is 0 Å². The smallest absolute Gasteiger partial charge is 0.190 e. The molecule has 0 aliphatic rings. The molecule has 0 unspecified atom stereocenters. The van der Waals surface area contributed by atoms with Crippen LogP contribution >= 0.6 is 0 Å². The molecule has 2 aromatic carbocycles. The lowest BCUT2D eigenvalue weighted by molar-refractivity contribution is 0.628. The number of rotatable bonds is 4. The summed E-state index contributed by atoms with van der Waals surface area (Å²) in [6.07, 6.45) is 3.59. The Balaban J connectivity index is 1.89. The van der Waals surface area contributed by atoms with Crippen molar-refractivity contribution in [2.45, 2.75) is 13.5 Å². The van der Waals surface area contributed by atoms with Gasteiger partial charge in [-0.05, 0) is 36.3 Å². The molecular formula is C19H15FN4. The Morgan fingerprint density at radius 1 is 1.08 bits per heavy atom. The molecule has 0 fully saturated rings. The van der Waals surface area contributed by atoms with E-state index in [4.69, 9.17) is 0 Å². The zero-order valence-corrected chi connectivity index (χ0v) is 13.1. The van der Waals surface area contributed by atoms with Crippen LogP contribution in [0.4, 0.5) is 4.39 Å². The fraction of sp³-hybridized carbons (Fsp3) is 0.105. The summed E-state index contributed by atoms with van der Waals surface area (Å²) in [6.45, 7) is 2.56. The molecule has 118 valence electrons. The zero-order valence-electron chi connectivity index (χ0n) is 13.1. The summed E-state index contributed by atoms with van der Waals surface area (Å²) < 4.78 is 14.6. The van der Waals surface area contributed by atoms with Gasteiger partial charge in [0.05, 0.1) is 12.2 Å². The van der Waals surface area contributed by atoms with Crippen molar-refractivity contribution < 1.29 is 4.39 Å². The fourth-order valence-corrected chi connectivity index (χ4v) is 2.30. The van der Waals surface area contributed by atoms with E-state index in [9.17, 15) is 9.65 Å². The van der Waals surface area contributed by atoms with Gasteiger partial charge in [0.15, 0.2) is 5.69 Å².